The molecule has 2 aromatic rings. The van der Waals surface area contributed by atoms with E-state index in [-0.39, 0.29) is 17.4 Å². The highest BCUT2D eigenvalue weighted by Crippen LogP contribution is 2.22. The molecule has 0 spiro atoms. The second-order valence-electron chi connectivity index (χ2n) is 7.39. The number of hydrogen-bond acceptors (Lipinski definition) is 1. The summed E-state index contributed by atoms with van der Waals surface area (Å²) in [7, 11) is 0. The number of hydrogen-bond donors (Lipinski definition) is 1. The Balaban J connectivity index is 1.88. The quantitative estimate of drug-likeness (QED) is 0.779. The van der Waals surface area contributed by atoms with Gasteiger partial charge in [0.05, 0.1) is 6.04 Å². The predicted octanol–water partition coefficient (Wildman–Crippen LogP) is 5.18. The molecule has 128 valence electrons. The van der Waals surface area contributed by atoms with E-state index in [9.17, 15) is 4.79 Å². The molecule has 1 N–H and O–H groups in total. The maximum Gasteiger partial charge on any atom is 0.220 e. The van der Waals surface area contributed by atoms with Gasteiger partial charge in [0.1, 0.15) is 0 Å². The van der Waals surface area contributed by atoms with E-state index in [1.807, 2.05) is 18.2 Å². The topological polar surface area (TPSA) is 29.1 Å². The molecule has 1 amide bonds. The van der Waals surface area contributed by atoms with E-state index < -0.39 is 0 Å². The number of nitrogens with one attached hydrogen (secondary N) is 1. The Hall–Kier alpha value is -2.09. The predicted molar refractivity (Wildman–Crippen MR) is 101 cm³/mol. The summed E-state index contributed by atoms with van der Waals surface area (Å²) in [6, 6.07) is 18.9. The fourth-order valence-corrected chi connectivity index (χ4v) is 2.80. The fraction of sp³-hybridized carbons (Fsp3) is 0.409. The lowest BCUT2D eigenvalue weighted by molar-refractivity contribution is -0.121. The molecular formula is C22H29NO. The summed E-state index contributed by atoms with van der Waals surface area (Å²) >= 11 is 0. The molecule has 2 rings (SSSR count). The van der Waals surface area contributed by atoms with Gasteiger partial charge in [-0.25, -0.2) is 0 Å². The second-order valence-corrected chi connectivity index (χ2v) is 7.39. The van der Waals surface area contributed by atoms with Gasteiger partial charge < -0.3 is 5.32 Å². The van der Waals surface area contributed by atoms with Crippen LogP contribution in [0.15, 0.2) is 54.6 Å². The SMILES string of the molecule is CC[C@@H](NC(=O)CCc1ccc(C(C)(C)C)cc1)c1ccccc1. The van der Waals surface area contributed by atoms with Crippen LogP contribution in [0.1, 0.15) is 63.3 Å². The number of carbonyl (C=O) groups is 1. The monoisotopic (exact) mass is 323 g/mol. The van der Waals surface area contributed by atoms with Crippen molar-refractivity contribution in [3.63, 3.8) is 0 Å². The third kappa shape index (κ3) is 5.23. The fourth-order valence-electron chi connectivity index (χ4n) is 2.80. The Morgan fingerprint density at radius 3 is 2.17 bits per heavy atom. The standard InChI is InChI=1S/C22H29NO/c1-5-20(18-9-7-6-8-10-18)23-21(24)16-13-17-11-14-19(15-12-17)22(2,3)4/h6-12,14-15,20H,5,13,16H2,1-4H3,(H,23,24)/t20-/m1/s1. The first-order chi connectivity index (χ1) is 11.4. The lowest BCUT2D eigenvalue weighted by Gasteiger charge is -2.19. The van der Waals surface area contributed by atoms with E-state index in [0.29, 0.717) is 6.42 Å². The summed E-state index contributed by atoms with van der Waals surface area (Å²) in [4.78, 5) is 12.3. The van der Waals surface area contributed by atoms with Gasteiger partial charge in [-0.1, -0.05) is 82.3 Å². The zero-order valence-corrected chi connectivity index (χ0v) is 15.3. The molecule has 0 saturated heterocycles. The van der Waals surface area contributed by atoms with E-state index in [4.69, 9.17) is 0 Å². The zero-order valence-electron chi connectivity index (χ0n) is 15.3. The van der Waals surface area contributed by atoms with Crippen molar-refractivity contribution in [2.24, 2.45) is 0 Å². The molecule has 0 aliphatic carbocycles. The van der Waals surface area contributed by atoms with Crippen molar-refractivity contribution in [2.45, 2.75) is 58.4 Å². The number of amides is 1. The molecule has 0 aliphatic rings. The Labute approximate surface area is 146 Å². The van der Waals surface area contributed by atoms with Gasteiger partial charge in [0.25, 0.3) is 0 Å². The molecule has 0 heterocycles. The molecule has 2 heteroatoms. The molecule has 0 aromatic heterocycles. The van der Waals surface area contributed by atoms with Crippen LogP contribution in [-0.2, 0) is 16.6 Å². The summed E-state index contributed by atoms with van der Waals surface area (Å²) in [6.07, 6.45) is 2.20. The smallest absolute Gasteiger partial charge is 0.220 e. The average Bonchev–Trinajstić information content (AvgIpc) is 2.58. The van der Waals surface area contributed by atoms with Crippen molar-refractivity contribution in [3.8, 4) is 0 Å². The normalized spacial score (nSPS) is 12.7. The van der Waals surface area contributed by atoms with Crippen LogP contribution in [0.4, 0.5) is 0 Å². The molecule has 1 atom stereocenters. The van der Waals surface area contributed by atoms with Crippen LogP contribution in [-0.4, -0.2) is 5.91 Å². The van der Waals surface area contributed by atoms with Crippen molar-refractivity contribution in [2.75, 3.05) is 0 Å². The van der Waals surface area contributed by atoms with Gasteiger partial charge in [0.2, 0.25) is 5.91 Å². The highest BCUT2D eigenvalue weighted by molar-refractivity contribution is 5.76. The van der Waals surface area contributed by atoms with Gasteiger partial charge in [-0.05, 0) is 34.9 Å². The van der Waals surface area contributed by atoms with Crippen LogP contribution < -0.4 is 5.32 Å². The highest BCUT2D eigenvalue weighted by atomic mass is 16.1. The highest BCUT2D eigenvalue weighted by Gasteiger charge is 2.14. The van der Waals surface area contributed by atoms with Crippen molar-refractivity contribution in [3.05, 3.63) is 71.3 Å². The summed E-state index contributed by atoms with van der Waals surface area (Å²) < 4.78 is 0. The maximum absolute atomic E-state index is 12.3. The minimum atomic E-state index is 0.0990. The van der Waals surface area contributed by atoms with Gasteiger partial charge in [-0.3, -0.25) is 4.79 Å². The van der Waals surface area contributed by atoms with Crippen molar-refractivity contribution < 1.29 is 4.79 Å². The third-order valence-electron chi connectivity index (χ3n) is 4.41. The van der Waals surface area contributed by atoms with Crippen LogP contribution in [0.3, 0.4) is 0 Å². The first kappa shape index (κ1) is 18.3. The van der Waals surface area contributed by atoms with E-state index in [1.54, 1.807) is 0 Å². The lowest BCUT2D eigenvalue weighted by atomic mass is 9.86. The van der Waals surface area contributed by atoms with E-state index in [0.717, 1.165) is 12.8 Å². The number of benzene rings is 2. The molecular weight excluding hydrogens is 294 g/mol. The van der Waals surface area contributed by atoms with Gasteiger partial charge in [-0.2, -0.15) is 0 Å². The van der Waals surface area contributed by atoms with Gasteiger partial charge >= 0.3 is 0 Å². The number of rotatable bonds is 6. The zero-order chi connectivity index (χ0) is 17.6. The second kappa shape index (κ2) is 8.14. The van der Waals surface area contributed by atoms with Gasteiger partial charge in [0.15, 0.2) is 0 Å². The first-order valence-corrected chi connectivity index (χ1v) is 8.84. The Kier molecular flexibility index (Phi) is 6.19. The van der Waals surface area contributed by atoms with E-state index in [1.165, 1.54) is 16.7 Å². The largest absolute Gasteiger partial charge is 0.349 e. The minimum Gasteiger partial charge on any atom is -0.349 e. The molecule has 0 fully saturated rings. The number of aryl methyl sites for hydroxylation is 1. The third-order valence-corrected chi connectivity index (χ3v) is 4.41. The minimum absolute atomic E-state index is 0.0990. The Morgan fingerprint density at radius 2 is 1.62 bits per heavy atom. The van der Waals surface area contributed by atoms with Crippen molar-refractivity contribution in [1.29, 1.82) is 0 Å². The van der Waals surface area contributed by atoms with E-state index >= 15 is 0 Å². The molecule has 2 nitrogen and oxygen atoms in total. The van der Waals surface area contributed by atoms with Crippen LogP contribution in [0, 0.1) is 0 Å². The van der Waals surface area contributed by atoms with Crippen molar-refractivity contribution >= 4 is 5.91 Å². The van der Waals surface area contributed by atoms with Gasteiger partial charge in [0, 0.05) is 6.42 Å². The van der Waals surface area contributed by atoms with Crippen molar-refractivity contribution in [1.82, 2.24) is 5.32 Å². The molecule has 0 radical (unpaired) electrons. The van der Waals surface area contributed by atoms with Crippen LogP contribution >= 0.6 is 0 Å². The molecule has 0 saturated carbocycles. The summed E-state index contributed by atoms with van der Waals surface area (Å²) in [5.74, 6) is 0.116. The Bertz CT molecular complexity index is 638. The first-order valence-electron chi connectivity index (χ1n) is 8.84. The van der Waals surface area contributed by atoms with E-state index in [2.05, 4.69) is 69.4 Å². The molecule has 0 aliphatic heterocycles. The molecule has 2 aromatic carbocycles. The molecule has 0 bridgehead atoms. The maximum atomic E-state index is 12.3. The molecule has 24 heavy (non-hydrogen) atoms. The summed E-state index contributed by atoms with van der Waals surface area (Å²) in [5.41, 5.74) is 3.87. The van der Waals surface area contributed by atoms with Crippen LogP contribution in [0.5, 0.6) is 0 Å². The summed E-state index contributed by atoms with van der Waals surface area (Å²) in [5, 5.41) is 3.15. The Morgan fingerprint density at radius 1 is 1.00 bits per heavy atom. The number of carbonyl (C=O) groups excluding carboxylic acids is 1. The van der Waals surface area contributed by atoms with Crippen LogP contribution in [0.2, 0.25) is 0 Å². The summed E-state index contributed by atoms with van der Waals surface area (Å²) in [6.45, 7) is 8.74. The lowest BCUT2D eigenvalue weighted by Crippen LogP contribution is -2.28. The van der Waals surface area contributed by atoms with Crippen LogP contribution in [0.25, 0.3) is 0 Å². The average molecular weight is 323 g/mol. The van der Waals surface area contributed by atoms with Gasteiger partial charge in [-0.15, -0.1) is 0 Å². The molecule has 0 unspecified atom stereocenters.